The average molecular weight is 238 g/mol. The number of fused-ring (bicyclic) bond motifs is 1. The summed E-state index contributed by atoms with van der Waals surface area (Å²) < 4.78 is 0. The largest absolute Gasteiger partial charge is 0.399 e. The molecule has 0 saturated carbocycles. The van der Waals surface area contributed by atoms with E-state index in [-0.39, 0.29) is 0 Å². The van der Waals surface area contributed by atoms with Crippen LogP contribution < -0.4 is 5.73 Å². The van der Waals surface area contributed by atoms with E-state index in [1.165, 1.54) is 5.56 Å². The predicted molar refractivity (Wildman–Crippen MR) is 72.2 cm³/mol. The average Bonchev–Trinajstić information content (AvgIpc) is 2.79. The van der Waals surface area contributed by atoms with Gasteiger partial charge in [-0.15, -0.1) is 0 Å². The zero-order valence-electron chi connectivity index (χ0n) is 9.93. The van der Waals surface area contributed by atoms with Gasteiger partial charge in [0.15, 0.2) is 0 Å². The number of nitrogen functional groups attached to an aromatic ring is 1. The minimum Gasteiger partial charge on any atom is -0.399 e. The number of imidazole rings is 1. The maximum Gasteiger partial charge on any atom is 0.107 e. The molecule has 0 aliphatic heterocycles. The standard InChI is InChI=1S/C14H14N4/c15-11-2-3-12-13(9-11)18-14(17-12)4-1-10-5-7-16-8-6-10/h2-3,5-9H,1,4,15H2,(H,17,18). The van der Waals surface area contributed by atoms with Crippen molar-refractivity contribution in [3.05, 3.63) is 54.1 Å². The predicted octanol–water partition coefficient (Wildman–Crippen LogP) is 2.33. The molecular formula is C14H14N4. The smallest absolute Gasteiger partial charge is 0.107 e. The van der Waals surface area contributed by atoms with Gasteiger partial charge in [0.05, 0.1) is 11.0 Å². The first-order valence-electron chi connectivity index (χ1n) is 5.94. The number of nitrogens with one attached hydrogen (secondary N) is 1. The Labute approximate surface area is 105 Å². The Morgan fingerprint density at radius 1 is 1.06 bits per heavy atom. The molecule has 2 heterocycles. The van der Waals surface area contributed by atoms with Crippen LogP contribution in [0.2, 0.25) is 0 Å². The van der Waals surface area contributed by atoms with Gasteiger partial charge in [-0.2, -0.15) is 0 Å². The molecule has 3 N–H and O–H groups in total. The minimum absolute atomic E-state index is 0.756. The molecular weight excluding hydrogens is 224 g/mol. The van der Waals surface area contributed by atoms with Crippen molar-refractivity contribution in [1.29, 1.82) is 0 Å². The van der Waals surface area contributed by atoms with Crippen molar-refractivity contribution in [3.63, 3.8) is 0 Å². The molecule has 0 atom stereocenters. The number of aromatic amines is 1. The second kappa shape index (κ2) is 4.49. The number of aryl methyl sites for hydroxylation is 2. The molecule has 0 radical (unpaired) electrons. The lowest BCUT2D eigenvalue weighted by molar-refractivity contribution is 0.888. The van der Waals surface area contributed by atoms with Gasteiger partial charge in [0, 0.05) is 24.5 Å². The first-order valence-corrected chi connectivity index (χ1v) is 5.94. The molecule has 0 unspecified atom stereocenters. The SMILES string of the molecule is Nc1ccc2nc(CCc3ccncc3)[nH]c2c1. The van der Waals surface area contributed by atoms with Gasteiger partial charge in [-0.3, -0.25) is 4.98 Å². The third-order valence-corrected chi connectivity index (χ3v) is 2.95. The summed E-state index contributed by atoms with van der Waals surface area (Å²) in [6.45, 7) is 0. The van der Waals surface area contributed by atoms with Crippen LogP contribution >= 0.6 is 0 Å². The Morgan fingerprint density at radius 2 is 1.89 bits per heavy atom. The van der Waals surface area contributed by atoms with Gasteiger partial charge in [-0.05, 0) is 42.3 Å². The van der Waals surface area contributed by atoms with E-state index < -0.39 is 0 Å². The van der Waals surface area contributed by atoms with Crippen LogP contribution in [0.3, 0.4) is 0 Å². The Balaban J connectivity index is 1.79. The van der Waals surface area contributed by atoms with Gasteiger partial charge in [-0.25, -0.2) is 4.98 Å². The molecule has 0 aliphatic carbocycles. The van der Waals surface area contributed by atoms with Crippen LogP contribution in [0.15, 0.2) is 42.7 Å². The van der Waals surface area contributed by atoms with E-state index in [1.54, 1.807) is 0 Å². The fraction of sp³-hybridized carbons (Fsp3) is 0.143. The molecule has 1 aromatic carbocycles. The number of hydrogen-bond acceptors (Lipinski definition) is 3. The van der Waals surface area contributed by atoms with Crippen molar-refractivity contribution in [2.24, 2.45) is 0 Å². The molecule has 2 aromatic heterocycles. The van der Waals surface area contributed by atoms with Gasteiger partial charge in [-0.1, -0.05) is 0 Å². The highest BCUT2D eigenvalue weighted by molar-refractivity contribution is 5.78. The molecule has 0 bridgehead atoms. The maximum absolute atomic E-state index is 5.74. The van der Waals surface area contributed by atoms with Crippen molar-refractivity contribution < 1.29 is 0 Å². The molecule has 3 aromatic rings. The Kier molecular flexibility index (Phi) is 2.68. The first kappa shape index (κ1) is 10.8. The number of nitrogens with two attached hydrogens (primary N) is 1. The van der Waals surface area contributed by atoms with Crippen molar-refractivity contribution in [2.75, 3.05) is 5.73 Å². The summed E-state index contributed by atoms with van der Waals surface area (Å²) in [5.41, 5.74) is 9.73. The van der Waals surface area contributed by atoms with Crippen LogP contribution in [-0.4, -0.2) is 15.0 Å². The zero-order chi connectivity index (χ0) is 12.4. The van der Waals surface area contributed by atoms with Crippen molar-refractivity contribution in [1.82, 2.24) is 15.0 Å². The number of benzene rings is 1. The fourth-order valence-corrected chi connectivity index (χ4v) is 2.01. The lowest BCUT2D eigenvalue weighted by Gasteiger charge is -1.97. The molecule has 3 rings (SSSR count). The second-order valence-electron chi connectivity index (χ2n) is 4.32. The summed E-state index contributed by atoms with van der Waals surface area (Å²) in [5.74, 6) is 0.993. The molecule has 0 saturated heterocycles. The molecule has 90 valence electrons. The van der Waals surface area contributed by atoms with Crippen LogP contribution in [0.5, 0.6) is 0 Å². The van der Waals surface area contributed by atoms with Crippen molar-refractivity contribution in [2.45, 2.75) is 12.8 Å². The number of aromatic nitrogens is 3. The van der Waals surface area contributed by atoms with Gasteiger partial charge >= 0.3 is 0 Å². The van der Waals surface area contributed by atoms with Crippen LogP contribution in [0, 0.1) is 0 Å². The van der Waals surface area contributed by atoms with Gasteiger partial charge in [0.25, 0.3) is 0 Å². The Bertz CT molecular complexity index is 658. The highest BCUT2D eigenvalue weighted by Gasteiger charge is 2.03. The van der Waals surface area contributed by atoms with E-state index in [0.29, 0.717) is 0 Å². The summed E-state index contributed by atoms with van der Waals surface area (Å²) in [4.78, 5) is 11.8. The first-order chi connectivity index (χ1) is 8.81. The Hall–Kier alpha value is -2.36. The van der Waals surface area contributed by atoms with Crippen molar-refractivity contribution in [3.8, 4) is 0 Å². The summed E-state index contributed by atoms with van der Waals surface area (Å²) in [5, 5.41) is 0. The maximum atomic E-state index is 5.74. The molecule has 4 nitrogen and oxygen atoms in total. The molecule has 0 fully saturated rings. The minimum atomic E-state index is 0.756. The molecule has 18 heavy (non-hydrogen) atoms. The lowest BCUT2D eigenvalue weighted by atomic mass is 10.1. The summed E-state index contributed by atoms with van der Waals surface area (Å²) >= 11 is 0. The van der Waals surface area contributed by atoms with Crippen LogP contribution in [0.4, 0.5) is 5.69 Å². The van der Waals surface area contributed by atoms with E-state index in [2.05, 4.69) is 15.0 Å². The van der Waals surface area contributed by atoms with E-state index >= 15 is 0 Å². The molecule has 0 amide bonds. The number of rotatable bonds is 3. The van der Waals surface area contributed by atoms with Gasteiger partial charge < -0.3 is 10.7 Å². The molecule has 0 aliphatic rings. The van der Waals surface area contributed by atoms with Crippen LogP contribution in [0.25, 0.3) is 11.0 Å². The van der Waals surface area contributed by atoms with Crippen LogP contribution in [0.1, 0.15) is 11.4 Å². The van der Waals surface area contributed by atoms with Crippen molar-refractivity contribution >= 4 is 16.7 Å². The van der Waals surface area contributed by atoms with E-state index in [4.69, 9.17) is 5.73 Å². The van der Waals surface area contributed by atoms with Gasteiger partial charge in [0.1, 0.15) is 5.82 Å². The van der Waals surface area contributed by atoms with E-state index in [0.717, 1.165) is 35.4 Å². The normalized spacial score (nSPS) is 10.9. The third kappa shape index (κ3) is 2.18. The summed E-state index contributed by atoms with van der Waals surface area (Å²) in [6.07, 6.45) is 5.47. The number of H-pyrrole nitrogens is 1. The highest BCUT2D eigenvalue weighted by atomic mass is 14.9. The topological polar surface area (TPSA) is 67.6 Å². The van der Waals surface area contributed by atoms with E-state index in [9.17, 15) is 0 Å². The fourth-order valence-electron chi connectivity index (χ4n) is 2.01. The van der Waals surface area contributed by atoms with E-state index in [1.807, 2.05) is 42.7 Å². The summed E-state index contributed by atoms with van der Waals surface area (Å²) in [7, 11) is 0. The molecule has 4 heteroatoms. The second-order valence-corrected chi connectivity index (χ2v) is 4.32. The Morgan fingerprint density at radius 3 is 2.72 bits per heavy atom. The number of hydrogen-bond donors (Lipinski definition) is 2. The monoisotopic (exact) mass is 238 g/mol. The zero-order valence-corrected chi connectivity index (χ0v) is 9.93. The lowest BCUT2D eigenvalue weighted by Crippen LogP contribution is -1.93. The van der Waals surface area contributed by atoms with Crippen LogP contribution in [-0.2, 0) is 12.8 Å². The quantitative estimate of drug-likeness (QED) is 0.688. The summed E-state index contributed by atoms with van der Waals surface area (Å²) in [6, 6.07) is 9.78. The highest BCUT2D eigenvalue weighted by Crippen LogP contribution is 2.15. The molecule has 0 spiro atoms. The third-order valence-electron chi connectivity index (χ3n) is 2.95. The number of pyridine rings is 1. The number of anilines is 1. The number of nitrogens with zero attached hydrogens (tertiary/aromatic N) is 2. The van der Waals surface area contributed by atoms with Gasteiger partial charge in [0.2, 0.25) is 0 Å².